The molecule has 3 nitrogen and oxygen atoms in total. The third-order valence-electron chi connectivity index (χ3n) is 5.27. The molecule has 3 rings (SSSR count). The predicted molar refractivity (Wildman–Crippen MR) is 67.4 cm³/mol. The maximum atomic E-state index is 11.9. The Bertz CT molecular complexity index is 376. The molecule has 18 heavy (non-hydrogen) atoms. The zero-order valence-electron chi connectivity index (χ0n) is 11.2. The van der Waals surface area contributed by atoms with Gasteiger partial charge >= 0.3 is 5.97 Å². The van der Waals surface area contributed by atoms with Crippen molar-refractivity contribution >= 4 is 5.97 Å². The maximum absolute atomic E-state index is 11.9. The number of hydrogen-bond donors (Lipinski definition) is 0. The summed E-state index contributed by atoms with van der Waals surface area (Å²) in [5.41, 5.74) is 0. The molecule has 3 unspecified atom stereocenters. The van der Waals surface area contributed by atoms with Gasteiger partial charge in [0.1, 0.15) is 0 Å². The number of carbonyl (C=O) groups excluding carboxylic acids is 1. The molecule has 0 aromatic rings. The summed E-state index contributed by atoms with van der Waals surface area (Å²) in [7, 11) is 0. The van der Waals surface area contributed by atoms with Gasteiger partial charge in [0.25, 0.3) is 0 Å². The molecule has 0 N–H and O–H groups in total. The molecule has 0 aromatic heterocycles. The first-order valence-corrected chi connectivity index (χ1v) is 7.13. The minimum Gasteiger partial charge on any atom is -0.459 e. The molecule has 1 aliphatic carbocycles. The third-order valence-corrected chi connectivity index (χ3v) is 5.27. The molecule has 2 saturated heterocycles. The molecule has 3 heteroatoms. The van der Waals surface area contributed by atoms with E-state index in [1.807, 2.05) is 6.92 Å². The lowest BCUT2D eigenvalue weighted by atomic mass is 9.61. The van der Waals surface area contributed by atoms with Crippen molar-refractivity contribution in [3.05, 3.63) is 12.3 Å². The van der Waals surface area contributed by atoms with Crippen LogP contribution >= 0.6 is 0 Å². The van der Waals surface area contributed by atoms with Crippen molar-refractivity contribution < 1.29 is 14.3 Å². The summed E-state index contributed by atoms with van der Waals surface area (Å²) in [6.45, 7) is 8.27. The number of allylic oxidation sites excluding steroid dienone is 1. The monoisotopic (exact) mass is 250 g/mol. The number of ether oxygens (including phenoxy) is 2. The predicted octanol–water partition coefficient (Wildman–Crippen LogP) is 3.11. The summed E-state index contributed by atoms with van der Waals surface area (Å²) in [4.78, 5) is 11.9. The topological polar surface area (TPSA) is 35.5 Å². The van der Waals surface area contributed by atoms with Crippen LogP contribution in [0.4, 0.5) is 0 Å². The van der Waals surface area contributed by atoms with E-state index in [1.54, 1.807) is 0 Å². The normalized spacial score (nSPS) is 47.7. The fraction of sp³-hybridized carbons (Fsp3) is 0.800. The van der Waals surface area contributed by atoms with Crippen LogP contribution in [0.1, 0.15) is 39.5 Å². The van der Waals surface area contributed by atoms with Crippen LogP contribution in [-0.4, -0.2) is 12.3 Å². The molecule has 3 aliphatic rings. The third kappa shape index (κ3) is 1.75. The second-order valence-electron chi connectivity index (χ2n) is 6.25. The smallest absolute Gasteiger partial charge is 0.312 e. The van der Waals surface area contributed by atoms with Crippen molar-refractivity contribution in [3.8, 4) is 0 Å². The number of esters is 1. The van der Waals surface area contributed by atoms with E-state index in [4.69, 9.17) is 9.47 Å². The molecular weight excluding hydrogens is 228 g/mol. The first kappa shape index (κ1) is 12.1. The van der Waals surface area contributed by atoms with Crippen LogP contribution in [0, 0.1) is 29.6 Å². The standard InChI is InChI=1S/C15H22O3/c1-8-4-6-12-10(3)14(16)18-15-13(12)11(8)7-5-9(2)17-15/h8,10-13,15H,2,4-7H2,1,3H3/t8-,10-,11?,12?,13?,15+/m1/s1. The highest BCUT2D eigenvalue weighted by molar-refractivity contribution is 5.73. The fourth-order valence-electron chi connectivity index (χ4n) is 4.15. The molecule has 100 valence electrons. The average molecular weight is 250 g/mol. The van der Waals surface area contributed by atoms with Crippen molar-refractivity contribution in [2.75, 3.05) is 0 Å². The van der Waals surface area contributed by atoms with Crippen molar-refractivity contribution in [3.63, 3.8) is 0 Å². The van der Waals surface area contributed by atoms with Crippen molar-refractivity contribution in [1.29, 1.82) is 0 Å². The van der Waals surface area contributed by atoms with Gasteiger partial charge in [-0.05, 0) is 30.6 Å². The van der Waals surface area contributed by atoms with Gasteiger partial charge in [-0.25, -0.2) is 0 Å². The summed E-state index contributed by atoms with van der Waals surface area (Å²) in [5, 5.41) is 0. The van der Waals surface area contributed by atoms with Gasteiger partial charge in [-0.15, -0.1) is 0 Å². The lowest BCUT2D eigenvalue weighted by molar-refractivity contribution is -0.222. The summed E-state index contributed by atoms with van der Waals surface area (Å²) < 4.78 is 11.3. The van der Waals surface area contributed by atoms with E-state index in [0.29, 0.717) is 23.7 Å². The summed E-state index contributed by atoms with van der Waals surface area (Å²) in [5.74, 6) is 2.84. The minimum absolute atomic E-state index is 0.0243. The van der Waals surface area contributed by atoms with Gasteiger partial charge in [0.2, 0.25) is 6.29 Å². The minimum atomic E-state index is -0.374. The van der Waals surface area contributed by atoms with Crippen LogP contribution < -0.4 is 0 Å². The molecule has 0 bridgehead atoms. The van der Waals surface area contributed by atoms with E-state index in [9.17, 15) is 4.79 Å². The van der Waals surface area contributed by atoms with Crippen LogP contribution in [0.5, 0.6) is 0 Å². The Labute approximate surface area is 109 Å². The van der Waals surface area contributed by atoms with Gasteiger partial charge in [0.05, 0.1) is 11.7 Å². The Kier molecular flexibility index (Phi) is 2.87. The Morgan fingerprint density at radius 1 is 1.11 bits per heavy atom. The molecule has 2 aliphatic heterocycles. The van der Waals surface area contributed by atoms with E-state index in [1.165, 1.54) is 6.42 Å². The summed E-state index contributed by atoms with van der Waals surface area (Å²) >= 11 is 0. The van der Waals surface area contributed by atoms with Gasteiger partial charge in [0, 0.05) is 12.3 Å². The van der Waals surface area contributed by atoms with E-state index in [2.05, 4.69) is 13.5 Å². The van der Waals surface area contributed by atoms with Gasteiger partial charge in [0.15, 0.2) is 0 Å². The highest BCUT2D eigenvalue weighted by Gasteiger charge is 2.52. The van der Waals surface area contributed by atoms with Crippen molar-refractivity contribution in [2.24, 2.45) is 29.6 Å². The van der Waals surface area contributed by atoms with Crippen LogP contribution in [0.3, 0.4) is 0 Å². The zero-order valence-corrected chi connectivity index (χ0v) is 11.2. The Balaban J connectivity index is 1.95. The van der Waals surface area contributed by atoms with E-state index in [0.717, 1.165) is 25.0 Å². The molecular formula is C15H22O3. The SMILES string of the molecule is C=C1CCC2C3C(CC[C@H]2C)[C@@H](C)C(=O)O[C@@H]3O1. The van der Waals surface area contributed by atoms with Crippen LogP contribution in [0.25, 0.3) is 0 Å². The molecule has 6 atom stereocenters. The second kappa shape index (κ2) is 4.29. The maximum Gasteiger partial charge on any atom is 0.312 e. The van der Waals surface area contributed by atoms with E-state index >= 15 is 0 Å². The van der Waals surface area contributed by atoms with Crippen LogP contribution in [0.15, 0.2) is 12.3 Å². The quantitative estimate of drug-likeness (QED) is 0.620. The lowest BCUT2D eigenvalue weighted by Crippen LogP contribution is -2.51. The second-order valence-corrected chi connectivity index (χ2v) is 6.25. The van der Waals surface area contributed by atoms with Gasteiger partial charge < -0.3 is 9.47 Å². The average Bonchev–Trinajstić information content (AvgIpc) is 2.49. The summed E-state index contributed by atoms with van der Waals surface area (Å²) in [6, 6.07) is 0. The lowest BCUT2D eigenvalue weighted by Gasteiger charge is -2.48. The van der Waals surface area contributed by atoms with Crippen molar-refractivity contribution in [1.82, 2.24) is 0 Å². The Morgan fingerprint density at radius 2 is 1.89 bits per heavy atom. The van der Waals surface area contributed by atoms with Gasteiger partial charge in [-0.1, -0.05) is 26.8 Å². The number of hydrogen-bond acceptors (Lipinski definition) is 3. The van der Waals surface area contributed by atoms with Gasteiger partial charge in [-0.2, -0.15) is 0 Å². The highest BCUT2D eigenvalue weighted by Crippen LogP contribution is 2.51. The highest BCUT2D eigenvalue weighted by atomic mass is 16.7. The summed E-state index contributed by atoms with van der Waals surface area (Å²) in [6.07, 6.45) is 4.01. The number of carbonyl (C=O) groups is 1. The first-order chi connectivity index (χ1) is 8.58. The van der Waals surface area contributed by atoms with Crippen LogP contribution in [0.2, 0.25) is 0 Å². The molecule has 3 fully saturated rings. The molecule has 0 spiro atoms. The molecule has 2 heterocycles. The Morgan fingerprint density at radius 3 is 2.67 bits per heavy atom. The Hall–Kier alpha value is -0.990. The number of rotatable bonds is 0. The molecule has 0 amide bonds. The molecule has 0 radical (unpaired) electrons. The van der Waals surface area contributed by atoms with E-state index < -0.39 is 0 Å². The van der Waals surface area contributed by atoms with Gasteiger partial charge in [-0.3, -0.25) is 4.79 Å². The molecule has 1 saturated carbocycles. The van der Waals surface area contributed by atoms with Crippen molar-refractivity contribution in [2.45, 2.75) is 45.8 Å². The van der Waals surface area contributed by atoms with Crippen LogP contribution in [-0.2, 0) is 14.3 Å². The first-order valence-electron chi connectivity index (χ1n) is 7.13. The van der Waals surface area contributed by atoms with E-state index in [-0.39, 0.29) is 18.2 Å². The zero-order chi connectivity index (χ0) is 12.9. The molecule has 0 aromatic carbocycles. The largest absolute Gasteiger partial charge is 0.459 e. The fourth-order valence-corrected chi connectivity index (χ4v) is 4.15.